The minimum Gasteiger partial charge on any atom is -0.0853 e. The topological polar surface area (TPSA) is 0 Å². The van der Waals surface area contributed by atoms with E-state index < -0.39 is 0 Å². The first kappa shape index (κ1) is 15.2. The van der Waals surface area contributed by atoms with Gasteiger partial charge in [-0.1, -0.05) is 83.9 Å². The molecule has 4 rings (SSSR count). The van der Waals surface area contributed by atoms with Gasteiger partial charge in [0.25, 0.3) is 0 Å². The van der Waals surface area contributed by atoms with E-state index in [1.54, 1.807) is 5.57 Å². The van der Waals surface area contributed by atoms with Gasteiger partial charge < -0.3 is 0 Å². The van der Waals surface area contributed by atoms with Gasteiger partial charge in [0.1, 0.15) is 0 Å². The van der Waals surface area contributed by atoms with Gasteiger partial charge >= 0.3 is 0 Å². The van der Waals surface area contributed by atoms with Crippen LogP contribution in [-0.4, -0.2) is 0 Å². The number of hydrogen-bond acceptors (Lipinski definition) is 0. The summed E-state index contributed by atoms with van der Waals surface area (Å²) in [6, 6.07) is 24.7. The van der Waals surface area contributed by atoms with E-state index in [1.807, 2.05) is 0 Å². The fourth-order valence-corrected chi connectivity index (χ4v) is 3.84. The maximum atomic E-state index is 2.46. The molecule has 0 fully saturated rings. The zero-order valence-corrected chi connectivity index (χ0v) is 14.3. The molecule has 0 saturated heterocycles. The lowest BCUT2D eigenvalue weighted by molar-refractivity contribution is 0.763. The first-order valence-corrected chi connectivity index (χ1v) is 9.03. The fourth-order valence-electron chi connectivity index (χ4n) is 3.84. The number of fused-ring (bicyclic) bond motifs is 1. The van der Waals surface area contributed by atoms with Crippen molar-refractivity contribution in [3.05, 3.63) is 95.1 Å². The van der Waals surface area contributed by atoms with Crippen molar-refractivity contribution in [2.24, 2.45) is 0 Å². The second kappa shape index (κ2) is 6.65. The van der Waals surface area contributed by atoms with Crippen LogP contribution in [0.15, 0.2) is 78.4 Å². The van der Waals surface area contributed by atoms with Crippen molar-refractivity contribution in [2.45, 2.75) is 38.5 Å². The lowest BCUT2D eigenvalue weighted by atomic mass is 9.84. The molecule has 0 saturated carbocycles. The molecule has 0 heteroatoms. The quantitative estimate of drug-likeness (QED) is 0.466. The smallest absolute Gasteiger partial charge is 0.0127 e. The summed E-state index contributed by atoms with van der Waals surface area (Å²) >= 11 is 0. The van der Waals surface area contributed by atoms with E-state index in [9.17, 15) is 0 Å². The molecule has 0 aromatic heterocycles. The van der Waals surface area contributed by atoms with E-state index in [1.165, 1.54) is 46.7 Å². The van der Waals surface area contributed by atoms with Crippen LogP contribution < -0.4 is 0 Å². The third-order valence-corrected chi connectivity index (χ3v) is 5.26. The summed E-state index contributed by atoms with van der Waals surface area (Å²) in [6.07, 6.45) is 7.47. The Morgan fingerprint density at radius 3 is 2.33 bits per heavy atom. The average Bonchev–Trinajstić information content (AvgIpc) is 3.13. The molecule has 24 heavy (non-hydrogen) atoms. The summed E-state index contributed by atoms with van der Waals surface area (Å²) in [5.74, 6) is 0.458. The summed E-state index contributed by atoms with van der Waals surface area (Å²) in [7, 11) is 0. The van der Waals surface area contributed by atoms with Crippen molar-refractivity contribution in [1.29, 1.82) is 0 Å². The van der Waals surface area contributed by atoms with Crippen LogP contribution in [0.5, 0.6) is 0 Å². The Hall–Kier alpha value is -2.34. The Labute approximate surface area is 144 Å². The molecule has 1 atom stereocenters. The minimum absolute atomic E-state index is 0.458. The summed E-state index contributed by atoms with van der Waals surface area (Å²) < 4.78 is 0. The second-order valence-corrected chi connectivity index (χ2v) is 7.03. The van der Waals surface area contributed by atoms with Crippen molar-refractivity contribution in [2.75, 3.05) is 0 Å². The Bertz CT molecular complexity index is 868. The summed E-state index contributed by atoms with van der Waals surface area (Å²) in [4.78, 5) is 0. The number of hydrogen-bond donors (Lipinski definition) is 0. The van der Waals surface area contributed by atoms with Crippen molar-refractivity contribution < 1.29 is 0 Å². The molecule has 0 spiro atoms. The van der Waals surface area contributed by atoms with Crippen LogP contribution in [0.25, 0.3) is 10.8 Å². The van der Waals surface area contributed by atoms with Crippen molar-refractivity contribution >= 4 is 10.8 Å². The number of allylic oxidation sites excluding steroid dienone is 2. The molecule has 1 aliphatic rings. The van der Waals surface area contributed by atoms with E-state index >= 15 is 0 Å². The van der Waals surface area contributed by atoms with Crippen LogP contribution in [0, 0.1) is 6.92 Å². The van der Waals surface area contributed by atoms with E-state index in [4.69, 9.17) is 0 Å². The first-order chi connectivity index (χ1) is 11.8. The van der Waals surface area contributed by atoms with Gasteiger partial charge in [-0.2, -0.15) is 0 Å². The van der Waals surface area contributed by atoms with Crippen molar-refractivity contribution in [1.82, 2.24) is 0 Å². The fraction of sp³-hybridized carbons (Fsp3) is 0.250. The molecular formula is C24H24. The summed E-state index contributed by atoms with van der Waals surface area (Å²) in [5, 5.41) is 2.66. The van der Waals surface area contributed by atoms with Gasteiger partial charge in [-0.15, -0.1) is 0 Å². The Morgan fingerprint density at radius 2 is 1.58 bits per heavy atom. The van der Waals surface area contributed by atoms with Gasteiger partial charge in [0, 0.05) is 5.92 Å². The van der Waals surface area contributed by atoms with E-state index in [0.717, 1.165) is 6.42 Å². The lowest BCUT2D eigenvalue weighted by Crippen LogP contribution is -2.03. The molecule has 1 unspecified atom stereocenters. The molecule has 3 aromatic carbocycles. The van der Waals surface area contributed by atoms with E-state index in [-0.39, 0.29) is 0 Å². The molecule has 0 N–H and O–H groups in total. The molecule has 0 bridgehead atoms. The summed E-state index contributed by atoms with van der Waals surface area (Å²) in [6.45, 7) is 2.16. The maximum Gasteiger partial charge on any atom is 0.0127 e. The van der Waals surface area contributed by atoms with Crippen LogP contribution in [-0.2, 0) is 0 Å². The maximum absolute atomic E-state index is 2.46. The van der Waals surface area contributed by atoms with Gasteiger partial charge in [0.05, 0.1) is 0 Å². The van der Waals surface area contributed by atoms with Gasteiger partial charge in [-0.05, 0) is 54.5 Å². The third-order valence-electron chi connectivity index (χ3n) is 5.26. The minimum atomic E-state index is 0.458. The Balaban J connectivity index is 1.76. The molecule has 3 aromatic rings. The molecule has 0 nitrogen and oxygen atoms in total. The van der Waals surface area contributed by atoms with Gasteiger partial charge in [-0.25, -0.2) is 0 Å². The monoisotopic (exact) mass is 312 g/mol. The molecule has 120 valence electrons. The molecular weight excluding hydrogens is 288 g/mol. The van der Waals surface area contributed by atoms with Gasteiger partial charge in [-0.3, -0.25) is 0 Å². The normalized spacial score (nSPS) is 15.5. The van der Waals surface area contributed by atoms with Crippen LogP contribution in [0.4, 0.5) is 0 Å². The Morgan fingerprint density at radius 1 is 0.833 bits per heavy atom. The number of benzene rings is 3. The SMILES string of the molecule is Cc1ccc(C(CC2=CCCC2)c2ccc3ccccc3c2)cc1. The molecule has 0 radical (unpaired) electrons. The Kier molecular flexibility index (Phi) is 4.21. The van der Waals surface area contributed by atoms with Gasteiger partial charge in [0.2, 0.25) is 0 Å². The number of rotatable bonds is 4. The predicted molar refractivity (Wildman–Crippen MR) is 104 cm³/mol. The van der Waals surface area contributed by atoms with E-state index in [2.05, 4.69) is 79.7 Å². The van der Waals surface area contributed by atoms with Crippen LogP contribution >= 0.6 is 0 Å². The second-order valence-electron chi connectivity index (χ2n) is 7.03. The standard InChI is InChI=1S/C24H24/c1-18-10-12-21(13-11-18)24(16-19-6-2-3-7-19)23-15-14-20-8-4-5-9-22(20)17-23/h4-6,8-15,17,24H,2-3,7,16H2,1H3. The van der Waals surface area contributed by atoms with Crippen LogP contribution in [0.2, 0.25) is 0 Å². The zero-order valence-electron chi connectivity index (χ0n) is 14.3. The highest BCUT2D eigenvalue weighted by atomic mass is 14.2. The molecule has 0 heterocycles. The average molecular weight is 312 g/mol. The number of aryl methyl sites for hydroxylation is 1. The highest BCUT2D eigenvalue weighted by Gasteiger charge is 2.18. The molecule has 0 aliphatic heterocycles. The van der Waals surface area contributed by atoms with Gasteiger partial charge in [0.15, 0.2) is 0 Å². The molecule has 1 aliphatic carbocycles. The zero-order chi connectivity index (χ0) is 16.4. The van der Waals surface area contributed by atoms with E-state index in [0.29, 0.717) is 5.92 Å². The lowest BCUT2D eigenvalue weighted by Gasteiger charge is -2.20. The van der Waals surface area contributed by atoms with Crippen molar-refractivity contribution in [3.63, 3.8) is 0 Å². The predicted octanol–water partition coefficient (Wildman–Crippen LogP) is 6.78. The largest absolute Gasteiger partial charge is 0.0853 e. The van der Waals surface area contributed by atoms with Crippen LogP contribution in [0.1, 0.15) is 48.3 Å². The highest BCUT2D eigenvalue weighted by Crippen LogP contribution is 2.36. The highest BCUT2D eigenvalue weighted by molar-refractivity contribution is 5.83. The third kappa shape index (κ3) is 3.14. The van der Waals surface area contributed by atoms with Crippen molar-refractivity contribution in [3.8, 4) is 0 Å². The van der Waals surface area contributed by atoms with Crippen LogP contribution in [0.3, 0.4) is 0 Å². The summed E-state index contributed by atoms with van der Waals surface area (Å²) in [5.41, 5.74) is 5.83. The first-order valence-electron chi connectivity index (χ1n) is 9.03. The molecule has 0 amide bonds.